The molecule has 0 aromatic heterocycles. The maximum absolute atomic E-state index is 9.73. The minimum Gasteiger partial charge on any atom is -0.368 e. The molecule has 0 heterocycles. The molecule has 35 valence electrons. The Morgan fingerprint density at radius 1 is 1.83 bits per heavy atom. The Balaban J connectivity index is 3.26. The lowest BCUT2D eigenvalue weighted by Gasteiger charge is -1.91. The van der Waals surface area contributed by atoms with Gasteiger partial charge in [-0.05, 0) is 6.92 Å². The van der Waals surface area contributed by atoms with E-state index in [0.717, 1.165) is 0 Å². The lowest BCUT2D eigenvalue weighted by Crippen LogP contribution is -2.33. The first-order valence-corrected chi connectivity index (χ1v) is 1.52. The molecule has 3 heteroatoms. The maximum atomic E-state index is 9.73. The fourth-order valence-electron chi connectivity index (χ4n) is 0. The van der Waals surface area contributed by atoms with E-state index < -0.39 is 11.9 Å². The number of hydrogen-bond acceptors (Lipinski definition) is 2. The van der Waals surface area contributed by atoms with Crippen molar-refractivity contribution in [3.8, 4) is 0 Å². The Kier molecular flexibility index (Phi) is 1.60. The van der Waals surface area contributed by atoms with E-state index in [-0.39, 0.29) is 0 Å². The summed E-state index contributed by atoms with van der Waals surface area (Å²) in [7, 11) is 0. The zero-order valence-electron chi connectivity index (χ0n) is 3.35. The summed E-state index contributed by atoms with van der Waals surface area (Å²) < 4.78 is 0. The van der Waals surface area contributed by atoms with Gasteiger partial charge >= 0.3 is 0 Å². The molecule has 0 aromatic carbocycles. The molecule has 0 aliphatic heterocycles. The third kappa shape index (κ3) is 1.72. The van der Waals surface area contributed by atoms with Crippen LogP contribution in [-0.4, -0.2) is 11.9 Å². The van der Waals surface area contributed by atoms with Crippen molar-refractivity contribution in [2.75, 3.05) is 0 Å². The zero-order valence-corrected chi connectivity index (χ0v) is 3.35. The number of nitrogens with two attached hydrogens (primary N) is 2. The Morgan fingerprint density at radius 2 is 2.00 bits per heavy atom. The van der Waals surface area contributed by atoms with Crippen molar-refractivity contribution in [2.45, 2.75) is 6.04 Å². The zero-order chi connectivity index (χ0) is 5.15. The fraction of sp³-hybridized carbons (Fsp3) is 0.333. The van der Waals surface area contributed by atoms with Gasteiger partial charge in [-0.25, -0.2) is 0 Å². The lowest BCUT2D eigenvalue weighted by atomic mass is 10.4. The number of rotatable bonds is 1. The fourth-order valence-corrected chi connectivity index (χ4v) is 0. The molecule has 6 heavy (non-hydrogen) atoms. The molecule has 0 fully saturated rings. The third-order valence-corrected chi connectivity index (χ3v) is 0.365. The van der Waals surface area contributed by atoms with Gasteiger partial charge < -0.3 is 11.5 Å². The van der Waals surface area contributed by atoms with E-state index in [1.165, 1.54) is 0 Å². The minimum absolute atomic E-state index is 0.574. The van der Waals surface area contributed by atoms with Crippen LogP contribution in [0.3, 0.4) is 0 Å². The Labute approximate surface area is 36.3 Å². The average molecular weight is 87.1 g/mol. The molecular formula is C3H7N2O. The second-order valence-corrected chi connectivity index (χ2v) is 1.01. The summed E-state index contributed by atoms with van der Waals surface area (Å²) in [4.78, 5) is 9.73. The van der Waals surface area contributed by atoms with Gasteiger partial charge in [0, 0.05) is 0 Å². The van der Waals surface area contributed by atoms with Crippen molar-refractivity contribution in [3.05, 3.63) is 6.92 Å². The van der Waals surface area contributed by atoms with Gasteiger partial charge in [-0.1, -0.05) is 0 Å². The summed E-state index contributed by atoms with van der Waals surface area (Å²) in [5, 5.41) is 0. The van der Waals surface area contributed by atoms with E-state index in [9.17, 15) is 4.79 Å². The summed E-state index contributed by atoms with van der Waals surface area (Å²) in [6, 6.07) is -0.759. The molecule has 1 unspecified atom stereocenters. The van der Waals surface area contributed by atoms with Gasteiger partial charge in [-0.3, -0.25) is 4.79 Å². The van der Waals surface area contributed by atoms with Crippen LogP contribution in [-0.2, 0) is 4.79 Å². The number of primary amides is 1. The molecule has 1 amide bonds. The SMILES string of the molecule is [CH2]C(N)C(N)=O. The summed E-state index contributed by atoms with van der Waals surface area (Å²) in [6.45, 7) is 3.14. The van der Waals surface area contributed by atoms with Crippen molar-refractivity contribution in [2.24, 2.45) is 11.5 Å². The smallest absolute Gasteiger partial charge is 0.234 e. The first kappa shape index (κ1) is 5.43. The van der Waals surface area contributed by atoms with Crippen LogP contribution in [0.4, 0.5) is 0 Å². The molecule has 0 aliphatic carbocycles. The molecule has 1 radical (unpaired) electrons. The monoisotopic (exact) mass is 87.1 g/mol. The first-order valence-electron chi connectivity index (χ1n) is 1.52. The number of hydrogen-bond donors (Lipinski definition) is 2. The highest BCUT2D eigenvalue weighted by atomic mass is 16.1. The highest BCUT2D eigenvalue weighted by molar-refractivity contribution is 5.80. The van der Waals surface area contributed by atoms with Crippen LogP contribution in [0.5, 0.6) is 0 Å². The molecule has 4 N–H and O–H groups in total. The first-order chi connectivity index (χ1) is 2.64. The summed E-state index contributed by atoms with van der Waals surface area (Å²) >= 11 is 0. The molecule has 0 spiro atoms. The summed E-state index contributed by atoms with van der Waals surface area (Å²) in [5.41, 5.74) is 9.46. The van der Waals surface area contributed by atoms with Crippen LogP contribution in [0.15, 0.2) is 0 Å². The van der Waals surface area contributed by atoms with Gasteiger partial charge in [0.15, 0.2) is 0 Å². The Morgan fingerprint density at radius 3 is 2.00 bits per heavy atom. The summed E-state index contributed by atoms with van der Waals surface area (Å²) in [5.74, 6) is -0.574. The van der Waals surface area contributed by atoms with Crippen LogP contribution in [0.1, 0.15) is 0 Å². The molecule has 1 atom stereocenters. The quantitative estimate of drug-likeness (QED) is 0.414. The number of amides is 1. The van der Waals surface area contributed by atoms with Gasteiger partial charge in [-0.2, -0.15) is 0 Å². The maximum Gasteiger partial charge on any atom is 0.234 e. The van der Waals surface area contributed by atoms with Gasteiger partial charge in [0.1, 0.15) is 0 Å². The van der Waals surface area contributed by atoms with Gasteiger partial charge in [0.2, 0.25) is 5.91 Å². The van der Waals surface area contributed by atoms with E-state index in [2.05, 4.69) is 12.7 Å². The van der Waals surface area contributed by atoms with Crippen LogP contribution < -0.4 is 11.5 Å². The molecule has 0 aliphatic rings. The molecule has 0 rings (SSSR count). The lowest BCUT2D eigenvalue weighted by molar-refractivity contribution is -0.118. The molecule has 3 nitrogen and oxygen atoms in total. The van der Waals surface area contributed by atoms with Crippen molar-refractivity contribution in [1.29, 1.82) is 0 Å². The highest BCUT2D eigenvalue weighted by Crippen LogP contribution is 1.63. The topological polar surface area (TPSA) is 69.1 Å². The van der Waals surface area contributed by atoms with Crippen molar-refractivity contribution >= 4 is 5.91 Å². The highest BCUT2D eigenvalue weighted by Gasteiger charge is 1.96. The predicted molar refractivity (Wildman–Crippen MR) is 22.5 cm³/mol. The van der Waals surface area contributed by atoms with Crippen molar-refractivity contribution < 1.29 is 4.79 Å². The van der Waals surface area contributed by atoms with Crippen LogP contribution >= 0.6 is 0 Å². The Hall–Kier alpha value is -0.570. The number of carbonyl (C=O) groups is 1. The Bertz CT molecular complexity index is 59.8. The molecule has 0 aromatic rings. The largest absolute Gasteiger partial charge is 0.368 e. The molecule has 0 saturated heterocycles. The van der Waals surface area contributed by atoms with Crippen LogP contribution in [0, 0.1) is 6.92 Å². The molecule has 0 bridgehead atoms. The summed E-state index contributed by atoms with van der Waals surface area (Å²) in [6.07, 6.45) is 0. The van der Waals surface area contributed by atoms with Gasteiger partial charge in [0.05, 0.1) is 6.04 Å². The third-order valence-electron chi connectivity index (χ3n) is 0.365. The van der Waals surface area contributed by atoms with Gasteiger partial charge in [0.25, 0.3) is 0 Å². The van der Waals surface area contributed by atoms with Gasteiger partial charge in [-0.15, -0.1) is 0 Å². The van der Waals surface area contributed by atoms with Crippen molar-refractivity contribution in [3.63, 3.8) is 0 Å². The van der Waals surface area contributed by atoms with E-state index in [0.29, 0.717) is 0 Å². The number of carbonyl (C=O) groups excluding carboxylic acids is 1. The van der Waals surface area contributed by atoms with Crippen LogP contribution in [0.2, 0.25) is 0 Å². The van der Waals surface area contributed by atoms with Crippen molar-refractivity contribution in [1.82, 2.24) is 0 Å². The van der Waals surface area contributed by atoms with E-state index in [1.54, 1.807) is 0 Å². The predicted octanol–water partition coefficient (Wildman–Crippen LogP) is -1.37. The normalized spacial score (nSPS) is 13.7. The van der Waals surface area contributed by atoms with E-state index in [1.807, 2.05) is 0 Å². The van der Waals surface area contributed by atoms with Crippen LogP contribution in [0.25, 0.3) is 0 Å². The molecular weight excluding hydrogens is 80.0 g/mol. The molecule has 0 saturated carbocycles. The second kappa shape index (κ2) is 1.77. The average Bonchev–Trinajstić information content (AvgIpc) is 1.36. The standard InChI is InChI=1S/C3H7N2O/c1-2(4)3(5)6/h2H,1,4H2,(H2,5,6). The minimum atomic E-state index is -0.759. The van der Waals surface area contributed by atoms with E-state index >= 15 is 0 Å². The second-order valence-electron chi connectivity index (χ2n) is 1.01. The van der Waals surface area contributed by atoms with E-state index in [4.69, 9.17) is 5.73 Å².